The number of methoxy groups -OCH3 is 1. The molecule has 2 amide bonds. The summed E-state index contributed by atoms with van der Waals surface area (Å²) in [4.78, 5) is 41.5. The first kappa shape index (κ1) is 19.4. The lowest BCUT2D eigenvalue weighted by atomic mass is 10.2. The van der Waals surface area contributed by atoms with Crippen LogP contribution in [0.5, 0.6) is 0 Å². The van der Waals surface area contributed by atoms with E-state index in [-0.39, 0.29) is 30.2 Å². The Labute approximate surface area is 161 Å². The van der Waals surface area contributed by atoms with E-state index in [1.54, 1.807) is 36.1 Å². The highest BCUT2D eigenvalue weighted by Crippen LogP contribution is 2.29. The second-order valence-corrected chi connectivity index (χ2v) is 6.21. The molecule has 1 aliphatic rings. The van der Waals surface area contributed by atoms with Crippen LogP contribution in [0.1, 0.15) is 46.5 Å². The number of nitrogens with one attached hydrogen (secondary N) is 1. The van der Waals surface area contributed by atoms with Gasteiger partial charge >= 0.3 is 18.0 Å². The van der Waals surface area contributed by atoms with Crippen LogP contribution < -0.4 is 5.32 Å². The van der Waals surface area contributed by atoms with Crippen LogP contribution in [-0.2, 0) is 16.0 Å². The molecule has 1 aromatic carbocycles. The summed E-state index contributed by atoms with van der Waals surface area (Å²) in [6.07, 6.45) is 2.98. The molecule has 0 atom stereocenters. The first-order chi connectivity index (χ1) is 13.5. The third-order valence-electron chi connectivity index (χ3n) is 4.15. The topological polar surface area (TPSA) is 111 Å². The molecule has 0 bridgehead atoms. The minimum absolute atomic E-state index is 0.0585. The molecule has 28 heavy (non-hydrogen) atoms. The number of esters is 2. The monoisotopic (exact) mass is 387 g/mol. The lowest BCUT2D eigenvalue weighted by Gasteiger charge is -2.21. The van der Waals surface area contributed by atoms with Crippen molar-refractivity contribution in [1.29, 1.82) is 0 Å². The fourth-order valence-electron chi connectivity index (χ4n) is 2.58. The van der Waals surface area contributed by atoms with Crippen molar-refractivity contribution in [2.75, 3.05) is 19.0 Å². The lowest BCUT2D eigenvalue weighted by Crippen LogP contribution is -2.36. The van der Waals surface area contributed by atoms with Gasteiger partial charge in [0.05, 0.1) is 25.8 Å². The van der Waals surface area contributed by atoms with Crippen molar-refractivity contribution in [3.05, 3.63) is 47.7 Å². The molecular weight excluding hydrogens is 366 g/mol. The van der Waals surface area contributed by atoms with Crippen LogP contribution in [0, 0.1) is 0 Å². The van der Waals surface area contributed by atoms with Crippen molar-refractivity contribution in [2.24, 2.45) is 0 Å². The van der Waals surface area contributed by atoms with E-state index in [1.807, 2.05) is 0 Å². The maximum absolute atomic E-state index is 12.7. The molecule has 1 N–H and O–H groups in total. The van der Waals surface area contributed by atoms with Gasteiger partial charge in [0.15, 0.2) is 5.69 Å². The van der Waals surface area contributed by atoms with Crippen LogP contribution in [-0.4, -0.2) is 47.6 Å². The van der Waals surface area contributed by atoms with Gasteiger partial charge in [0.2, 0.25) is 5.89 Å². The fourth-order valence-corrected chi connectivity index (χ4v) is 2.58. The third kappa shape index (κ3) is 4.67. The number of anilines is 1. The van der Waals surface area contributed by atoms with Gasteiger partial charge in [-0.2, -0.15) is 0 Å². The Morgan fingerprint density at radius 3 is 2.54 bits per heavy atom. The van der Waals surface area contributed by atoms with E-state index in [4.69, 9.17) is 9.15 Å². The zero-order valence-corrected chi connectivity index (χ0v) is 15.6. The number of carbonyl (C=O) groups excluding carboxylic acids is 3. The van der Waals surface area contributed by atoms with Gasteiger partial charge in [0.25, 0.3) is 0 Å². The summed E-state index contributed by atoms with van der Waals surface area (Å²) in [6.45, 7) is 2.17. The van der Waals surface area contributed by atoms with Crippen molar-refractivity contribution >= 4 is 23.7 Å². The Morgan fingerprint density at radius 1 is 1.21 bits per heavy atom. The number of nitrogens with zero attached hydrogens (tertiary/aromatic N) is 2. The number of carbonyl (C=O) groups is 3. The van der Waals surface area contributed by atoms with Crippen LogP contribution in [0.25, 0.3) is 0 Å². The quantitative estimate of drug-likeness (QED) is 0.727. The predicted octanol–water partition coefficient (Wildman–Crippen LogP) is 2.83. The Bertz CT molecular complexity index is 857. The molecule has 1 aromatic heterocycles. The molecule has 2 aromatic rings. The van der Waals surface area contributed by atoms with Crippen LogP contribution in [0.15, 0.2) is 34.9 Å². The number of urea groups is 1. The van der Waals surface area contributed by atoms with E-state index in [0.29, 0.717) is 17.9 Å². The van der Waals surface area contributed by atoms with Gasteiger partial charge in [-0.1, -0.05) is 0 Å². The first-order valence-corrected chi connectivity index (χ1v) is 8.89. The Morgan fingerprint density at radius 2 is 1.93 bits per heavy atom. The van der Waals surface area contributed by atoms with E-state index in [1.165, 1.54) is 13.4 Å². The summed E-state index contributed by atoms with van der Waals surface area (Å²) in [7, 11) is 1.26. The van der Waals surface area contributed by atoms with Crippen molar-refractivity contribution in [3.63, 3.8) is 0 Å². The largest absolute Gasteiger partial charge is 0.464 e. The van der Waals surface area contributed by atoms with E-state index in [2.05, 4.69) is 15.0 Å². The van der Waals surface area contributed by atoms with Gasteiger partial charge in [0.1, 0.15) is 6.26 Å². The number of benzene rings is 1. The number of oxazole rings is 1. The van der Waals surface area contributed by atoms with Gasteiger partial charge in [0, 0.05) is 11.7 Å². The molecule has 148 valence electrons. The van der Waals surface area contributed by atoms with Gasteiger partial charge in [-0.3, -0.25) is 0 Å². The van der Waals surface area contributed by atoms with E-state index in [9.17, 15) is 14.4 Å². The standard InChI is InChI=1S/C19H21N3O6/c1-3-27-17(23)12-4-6-13(7-5-12)20-19(25)22(14-8-9-14)10-16-21-15(11-28-16)18(24)26-2/h4-7,11,14H,3,8-10H2,1-2H3,(H,20,25). The third-order valence-corrected chi connectivity index (χ3v) is 4.15. The number of ether oxygens (including phenoxy) is 2. The van der Waals surface area contributed by atoms with E-state index in [0.717, 1.165) is 12.8 Å². The zero-order valence-electron chi connectivity index (χ0n) is 15.6. The summed E-state index contributed by atoms with van der Waals surface area (Å²) < 4.78 is 14.8. The smallest absolute Gasteiger partial charge is 0.360 e. The average Bonchev–Trinajstić information content (AvgIpc) is 3.43. The molecule has 9 heteroatoms. The average molecular weight is 387 g/mol. The van der Waals surface area contributed by atoms with Gasteiger partial charge in [-0.15, -0.1) is 0 Å². The summed E-state index contributed by atoms with van der Waals surface area (Å²) >= 11 is 0. The van der Waals surface area contributed by atoms with Crippen molar-refractivity contribution < 1.29 is 28.3 Å². The molecule has 3 rings (SSSR count). The van der Waals surface area contributed by atoms with Crippen molar-refractivity contribution in [1.82, 2.24) is 9.88 Å². The molecule has 1 fully saturated rings. The summed E-state index contributed by atoms with van der Waals surface area (Å²) in [5, 5.41) is 2.80. The molecule has 0 saturated heterocycles. The van der Waals surface area contributed by atoms with Crippen LogP contribution in [0.3, 0.4) is 0 Å². The normalized spacial score (nSPS) is 12.9. The molecule has 0 radical (unpaired) electrons. The lowest BCUT2D eigenvalue weighted by molar-refractivity contribution is 0.0525. The molecular formula is C19H21N3O6. The highest BCUT2D eigenvalue weighted by atomic mass is 16.5. The molecule has 1 saturated carbocycles. The van der Waals surface area contributed by atoms with Crippen LogP contribution in [0.2, 0.25) is 0 Å². The van der Waals surface area contributed by atoms with E-state index < -0.39 is 11.9 Å². The second-order valence-electron chi connectivity index (χ2n) is 6.21. The number of amides is 2. The maximum Gasteiger partial charge on any atom is 0.360 e. The SMILES string of the molecule is CCOC(=O)c1ccc(NC(=O)N(Cc2nc(C(=O)OC)co2)C2CC2)cc1. The van der Waals surface area contributed by atoms with Crippen LogP contribution in [0.4, 0.5) is 10.5 Å². The Balaban J connectivity index is 1.64. The minimum Gasteiger partial charge on any atom is -0.464 e. The number of hydrogen-bond donors (Lipinski definition) is 1. The molecule has 0 spiro atoms. The highest BCUT2D eigenvalue weighted by molar-refractivity contribution is 5.92. The van der Waals surface area contributed by atoms with Gasteiger partial charge < -0.3 is 24.1 Å². The van der Waals surface area contributed by atoms with Gasteiger partial charge in [-0.05, 0) is 44.0 Å². The molecule has 1 heterocycles. The molecule has 9 nitrogen and oxygen atoms in total. The predicted molar refractivity (Wildman–Crippen MR) is 97.8 cm³/mol. The number of aromatic nitrogens is 1. The molecule has 0 unspecified atom stereocenters. The highest BCUT2D eigenvalue weighted by Gasteiger charge is 2.34. The fraction of sp³-hybridized carbons (Fsp3) is 0.368. The summed E-state index contributed by atoms with van der Waals surface area (Å²) in [5.41, 5.74) is 1.02. The minimum atomic E-state index is -0.598. The van der Waals surface area contributed by atoms with Crippen molar-refractivity contribution in [2.45, 2.75) is 32.4 Å². The number of rotatable bonds is 7. The van der Waals surface area contributed by atoms with Crippen LogP contribution >= 0.6 is 0 Å². The zero-order chi connectivity index (χ0) is 20.1. The van der Waals surface area contributed by atoms with E-state index >= 15 is 0 Å². The van der Waals surface area contributed by atoms with Gasteiger partial charge in [-0.25, -0.2) is 19.4 Å². The summed E-state index contributed by atoms with van der Waals surface area (Å²) in [6, 6.07) is 6.22. The molecule has 0 aliphatic heterocycles. The first-order valence-electron chi connectivity index (χ1n) is 8.89. The maximum atomic E-state index is 12.7. The van der Waals surface area contributed by atoms with Crippen molar-refractivity contribution in [3.8, 4) is 0 Å². The second kappa shape index (κ2) is 8.55. The molecule has 1 aliphatic carbocycles. The Hall–Kier alpha value is -3.36. The summed E-state index contributed by atoms with van der Waals surface area (Å²) in [5.74, 6) is -0.760. The Kier molecular flexibility index (Phi) is 5.93. The number of hydrogen-bond acceptors (Lipinski definition) is 7.